The fourth-order valence-corrected chi connectivity index (χ4v) is 2.30. The van der Waals surface area contributed by atoms with Gasteiger partial charge in [-0.15, -0.1) is 0 Å². The number of hydrogen-bond donors (Lipinski definition) is 2. The second-order valence-electron chi connectivity index (χ2n) is 3.64. The van der Waals surface area contributed by atoms with Crippen molar-refractivity contribution in [3.63, 3.8) is 0 Å². The molecule has 1 aromatic heterocycles. The number of carbonyl (C=O) groups is 2. The average molecular weight is 368 g/mol. The van der Waals surface area contributed by atoms with E-state index in [-0.39, 0.29) is 10.7 Å². The summed E-state index contributed by atoms with van der Waals surface area (Å²) in [5, 5.41) is 11.5. The van der Waals surface area contributed by atoms with Gasteiger partial charge in [0.2, 0.25) is 0 Å². The largest absolute Gasteiger partial charge is 0.480 e. The van der Waals surface area contributed by atoms with Gasteiger partial charge < -0.3 is 10.4 Å². The number of nitrogens with zero attached hydrogens (tertiary/aromatic N) is 1. The number of rotatable bonds is 6. The lowest BCUT2D eigenvalue weighted by molar-refractivity contribution is -0.139. The lowest BCUT2D eigenvalue weighted by Gasteiger charge is -2.14. The van der Waals surface area contributed by atoms with Gasteiger partial charge in [-0.25, -0.2) is 9.78 Å². The zero-order valence-electron chi connectivity index (χ0n) is 10.0. The van der Waals surface area contributed by atoms with Crippen LogP contribution in [0.5, 0.6) is 0 Å². The monoisotopic (exact) mass is 366 g/mol. The van der Waals surface area contributed by atoms with Crippen LogP contribution >= 0.6 is 39.3 Å². The Bertz CT molecular complexity index is 487. The van der Waals surface area contributed by atoms with E-state index in [4.69, 9.17) is 16.7 Å². The maximum atomic E-state index is 12.0. The molecular formula is C11H12BrClN2O3S. The number of hydrogen-bond acceptors (Lipinski definition) is 4. The molecule has 0 saturated heterocycles. The van der Waals surface area contributed by atoms with Crippen LogP contribution in [0.2, 0.25) is 5.15 Å². The Morgan fingerprint density at radius 2 is 2.32 bits per heavy atom. The highest BCUT2D eigenvalue weighted by Crippen LogP contribution is 2.18. The highest BCUT2D eigenvalue weighted by molar-refractivity contribution is 9.10. The molecule has 0 unspecified atom stereocenters. The van der Waals surface area contributed by atoms with E-state index in [2.05, 4.69) is 26.2 Å². The molecule has 0 aromatic carbocycles. The summed E-state index contributed by atoms with van der Waals surface area (Å²) in [6.07, 6.45) is 3.68. The number of carbonyl (C=O) groups excluding carboxylic acids is 1. The fraction of sp³-hybridized carbons (Fsp3) is 0.364. The summed E-state index contributed by atoms with van der Waals surface area (Å²) in [5.74, 6) is -0.976. The Morgan fingerprint density at radius 1 is 1.63 bits per heavy atom. The summed E-state index contributed by atoms with van der Waals surface area (Å²) >= 11 is 10.5. The van der Waals surface area contributed by atoms with Crippen LogP contribution in [-0.4, -0.2) is 40.0 Å². The first kappa shape index (κ1) is 16.3. The van der Waals surface area contributed by atoms with E-state index in [1.165, 1.54) is 24.0 Å². The molecule has 5 nitrogen and oxygen atoms in total. The standard InChI is InChI=1S/C11H12BrClN2O3S/c1-19-3-2-8(11(17)18)15-10(16)7-4-6(12)5-14-9(7)13/h4-5,8H,2-3H2,1H3,(H,15,16)(H,17,18)/t8-/m0/s1. The van der Waals surface area contributed by atoms with Gasteiger partial charge in [-0.1, -0.05) is 11.6 Å². The zero-order chi connectivity index (χ0) is 14.4. The minimum atomic E-state index is -1.07. The molecule has 1 rings (SSSR count). The molecule has 19 heavy (non-hydrogen) atoms. The maximum absolute atomic E-state index is 12.0. The van der Waals surface area contributed by atoms with Crippen LogP contribution in [0.4, 0.5) is 0 Å². The number of carboxylic acid groups (broad SMARTS) is 1. The van der Waals surface area contributed by atoms with Gasteiger partial charge in [0, 0.05) is 10.7 Å². The molecule has 104 valence electrons. The summed E-state index contributed by atoms with van der Waals surface area (Å²) in [6, 6.07) is 0.563. The molecule has 8 heteroatoms. The molecule has 0 spiro atoms. The Balaban J connectivity index is 2.81. The van der Waals surface area contributed by atoms with Crippen LogP contribution in [0.15, 0.2) is 16.7 Å². The van der Waals surface area contributed by atoms with Crippen molar-refractivity contribution in [2.24, 2.45) is 0 Å². The Kier molecular flexibility index (Phi) is 6.60. The molecule has 0 bridgehead atoms. The predicted molar refractivity (Wildman–Crippen MR) is 78.8 cm³/mol. The number of carboxylic acids is 1. The topological polar surface area (TPSA) is 79.3 Å². The summed E-state index contributed by atoms with van der Waals surface area (Å²) < 4.78 is 0.595. The first-order valence-electron chi connectivity index (χ1n) is 5.29. The second-order valence-corrected chi connectivity index (χ2v) is 5.90. The van der Waals surface area contributed by atoms with Gasteiger partial charge in [0.1, 0.15) is 11.2 Å². The zero-order valence-corrected chi connectivity index (χ0v) is 13.2. The minimum Gasteiger partial charge on any atom is -0.480 e. The van der Waals surface area contributed by atoms with Gasteiger partial charge in [-0.05, 0) is 40.4 Å². The number of aromatic nitrogens is 1. The number of pyridine rings is 1. The van der Waals surface area contributed by atoms with E-state index in [9.17, 15) is 9.59 Å². The quantitative estimate of drug-likeness (QED) is 0.755. The summed E-state index contributed by atoms with van der Waals surface area (Å²) in [6.45, 7) is 0. The number of nitrogens with one attached hydrogen (secondary N) is 1. The summed E-state index contributed by atoms with van der Waals surface area (Å²) in [7, 11) is 0. The molecule has 0 aliphatic carbocycles. The van der Waals surface area contributed by atoms with Crippen molar-refractivity contribution in [3.05, 3.63) is 27.5 Å². The summed E-state index contributed by atoms with van der Waals surface area (Å²) in [4.78, 5) is 26.8. The normalized spacial score (nSPS) is 11.9. The molecular weight excluding hydrogens is 356 g/mol. The molecule has 0 fully saturated rings. The van der Waals surface area contributed by atoms with Crippen molar-refractivity contribution < 1.29 is 14.7 Å². The van der Waals surface area contributed by atoms with Gasteiger partial charge in [0.25, 0.3) is 5.91 Å². The fourth-order valence-electron chi connectivity index (χ4n) is 1.31. The second kappa shape index (κ2) is 7.72. The van der Waals surface area contributed by atoms with Gasteiger partial charge in [-0.2, -0.15) is 11.8 Å². The van der Waals surface area contributed by atoms with Gasteiger partial charge in [-0.3, -0.25) is 4.79 Å². The van der Waals surface area contributed by atoms with Crippen molar-refractivity contribution in [1.29, 1.82) is 0 Å². The Hall–Kier alpha value is -0.790. The third-order valence-electron chi connectivity index (χ3n) is 2.26. The Morgan fingerprint density at radius 3 is 2.89 bits per heavy atom. The molecule has 1 atom stereocenters. The first-order valence-corrected chi connectivity index (χ1v) is 7.85. The van der Waals surface area contributed by atoms with Crippen molar-refractivity contribution >= 4 is 51.2 Å². The summed E-state index contributed by atoms with van der Waals surface area (Å²) in [5.41, 5.74) is 0.145. The number of aliphatic carboxylic acids is 1. The van der Waals surface area contributed by atoms with Gasteiger partial charge in [0.05, 0.1) is 5.56 Å². The number of halogens is 2. The SMILES string of the molecule is CSCC[C@H](NC(=O)c1cc(Br)cnc1Cl)C(=O)O. The van der Waals surface area contributed by atoms with Crippen molar-refractivity contribution in [2.45, 2.75) is 12.5 Å². The average Bonchev–Trinajstić information content (AvgIpc) is 2.36. The van der Waals surface area contributed by atoms with Crippen LogP contribution in [0.1, 0.15) is 16.8 Å². The molecule has 2 N–H and O–H groups in total. The molecule has 0 aliphatic heterocycles. The minimum absolute atomic E-state index is 0.0368. The van der Waals surface area contributed by atoms with Crippen LogP contribution in [0.25, 0.3) is 0 Å². The van der Waals surface area contributed by atoms with Crippen molar-refractivity contribution in [3.8, 4) is 0 Å². The Labute approximate surface area is 128 Å². The first-order chi connectivity index (χ1) is 8.95. The van der Waals surface area contributed by atoms with Crippen molar-refractivity contribution in [2.75, 3.05) is 12.0 Å². The van der Waals surface area contributed by atoms with E-state index >= 15 is 0 Å². The van der Waals surface area contributed by atoms with E-state index in [1.807, 2.05) is 6.26 Å². The van der Waals surface area contributed by atoms with Crippen LogP contribution in [0.3, 0.4) is 0 Å². The maximum Gasteiger partial charge on any atom is 0.326 e. The molecule has 1 aromatic rings. The van der Waals surface area contributed by atoms with E-state index in [1.54, 1.807) is 0 Å². The van der Waals surface area contributed by atoms with Crippen LogP contribution in [0, 0.1) is 0 Å². The molecule has 1 amide bonds. The van der Waals surface area contributed by atoms with Crippen molar-refractivity contribution in [1.82, 2.24) is 10.3 Å². The smallest absolute Gasteiger partial charge is 0.326 e. The predicted octanol–water partition coefficient (Wildman–Crippen LogP) is 2.43. The highest BCUT2D eigenvalue weighted by Gasteiger charge is 2.21. The van der Waals surface area contributed by atoms with Crippen LogP contribution in [-0.2, 0) is 4.79 Å². The molecule has 0 saturated carbocycles. The molecule has 1 heterocycles. The number of thioether (sulfide) groups is 1. The molecule has 0 radical (unpaired) electrons. The van der Waals surface area contributed by atoms with Crippen LogP contribution < -0.4 is 5.32 Å². The van der Waals surface area contributed by atoms with E-state index < -0.39 is 17.9 Å². The lowest BCUT2D eigenvalue weighted by Crippen LogP contribution is -2.41. The third-order valence-corrected chi connectivity index (χ3v) is 3.64. The van der Waals surface area contributed by atoms with E-state index in [0.717, 1.165) is 0 Å². The molecule has 0 aliphatic rings. The third kappa shape index (κ3) is 5.00. The van der Waals surface area contributed by atoms with Gasteiger partial charge in [0.15, 0.2) is 0 Å². The highest BCUT2D eigenvalue weighted by atomic mass is 79.9. The lowest BCUT2D eigenvalue weighted by atomic mass is 10.2. The number of amides is 1. The van der Waals surface area contributed by atoms with E-state index in [0.29, 0.717) is 16.6 Å². The van der Waals surface area contributed by atoms with Gasteiger partial charge >= 0.3 is 5.97 Å².